The Balaban J connectivity index is 1.64. The molecular weight excluding hydrogens is 376 g/mol. The topological polar surface area (TPSA) is 95.4 Å². The molecule has 0 atom stereocenters. The zero-order chi connectivity index (χ0) is 16.7. The highest BCUT2D eigenvalue weighted by Crippen LogP contribution is 2.32. The highest BCUT2D eigenvalue weighted by molar-refractivity contribution is 7.89. The van der Waals surface area contributed by atoms with E-state index in [1.165, 1.54) is 12.3 Å². The smallest absolute Gasteiger partial charge is 0.408 e. The minimum atomic E-state index is -4.07. The summed E-state index contributed by atoms with van der Waals surface area (Å²) in [6.07, 6.45) is 1.03. The normalized spacial score (nSPS) is 11.9. The molecule has 0 unspecified atom stereocenters. The molecule has 0 fully saturated rings. The number of hydrogen-bond donors (Lipinski definition) is 0. The lowest BCUT2D eigenvalue weighted by atomic mass is 10.3. The molecular formula is C14H7ClN2O5S2. The Bertz CT molecular complexity index is 1120. The second-order valence-electron chi connectivity index (χ2n) is 4.63. The molecule has 0 spiro atoms. The van der Waals surface area contributed by atoms with Crippen molar-refractivity contribution in [1.82, 2.24) is 10.1 Å². The molecule has 0 aliphatic rings. The Kier molecular flexibility index (Phi) is 3.56. The third kappa shape index (κ3) is 2.77. The van der Waals surface area contributed by atoms with E-state index in [9.17, 15) is 8.42 Å². The van der Waals surface area contributed by atoms with Crippen LogP contribution in [0.2, 0.25) is 5.02 Å². The predicted octanol–water partition coefficient (Wildman–Crippen LogP) is 3.97. The number of rotatable bonds is 4. The number of hydrogen-bond acceptors (Lipinski definition) is 8. The lowest BCUT2D eigenvalue weighted by Crippen LogP contribution is -2.07. The van der Waals surface area contributed by atoms with E-state index < -0.39 is 10.1 Å². The Morgan fingerprint density at radius 1 is 1.17 bits per heavy atom. The quantitative estimate of drug-likeness (QED) is 0.493. The zero-order valence-corrected chi connectivity index (χ0v) is 14.1. The van der Waals surface area contributed by atoms with Crippen molar-refractivity contribution >= 4 is 44.2 Å². The molecule has 7 nitrogen and oxygen atoms in total. The van der Waals surface area contributed by atoms with Gasteiger partial charge in [0.1, 0.15) is 17.5 Å². The maximum Gasteiger partial charge on any atom is 0.411 e. The molecule has 0 aliphatic heterocycles. The molecule has 0 bridgehead atoms. The van der Waals surface area contributed by atoms with Crippen LogP contribution in [0.3, 0.4) is 0 Å². The number of oxazole rings is 1. The number of aromatic nitrogens is 2. The standard InChI is InChI=1S/C14H7ClN2O5S2/c15-8-1-2-11-10(7-8)16-14(21-11)22-24(18,19)13-4-3-12(23-13)9-5-6-20-17-9/h1-7H. The lowest BCUT2D eigenvalue weighted by Gasteiger charge is -1.99. The molecule has 0 saturated heterocycles. The first-order valence-electron chi connectivity index (χ1n) is 6.52. The van der Waals surface area contributed by atoms with E-state index >= 15 is 0 Å². The van der Waals surface area contributed by atoms with Crippen LogP contribution in [-0.2, 0) is 10.1 Å². The fourth-order valence-electron chi connectivity index (χ4n) is 1.98. The van der Waals surface area contributed by atoms with Crippen LogP contribution in [0.15, 0.2) is 55.8 Å². The summed E-state index contributed by atoms with van der Waals surface area (Å²) in [4.78, 5) is 4.60. The van der Waals surface area contributed by atoms with Crippen LogP contribution in [0.1, 0.15) is 0 Å². The molecule has 4 aromatic rings. The lowest BCUT2D eigenvalue weighted by molar-refractivity contribution is 0.383. The number of fused-ring (bicyclic) bond motifs is 1. The molecule has 122 valence electrons. The van der Waals surface area contributed by atoms with Gasteiger partial charge in [-0.15, -0.1) is 11.3 Å². The van der Waals surface area contributed by atoms with Gasteiger partial charge in [0.2, 0.25) is 0 Å². The third-order valence-corrected chi connectivity index (χ3v) is 6.02. The largest absolute Gasteiger partial charge is 0.411 e. The van der Waals surface area contributed by atoms with E-state index in [2.05, 4.69) is 10.1 Å². The second kappa shape index (κ2) is 5.62. The summed E-state index contributed by atoms with van der Waals surface area (Å²) in [7, 11) is -4.07. The minimum Gasteiger partial charge on any atom is -0.408 e. The highest BCUT2D eigenvalue weighted by atomic mass is 35.5. The number of halogens is 1. The van der Waals surface area contributed by atoms with E-state index in [0.717, 1.165) is 11.3 Å². The maximum absolute atomic E-state index is 12.3. The molecule has 3 aromatic heterocycles. The Hall–Kier alpha value is -2.36. The Morgan fingerprint density at radius 2 is 2.04 bits per heavy atom. The monoisotopic (exact) mass is 382 g/mol. The first-order valence-corrected chi connectivity index (χ1v) is 9.13. The molecule has 0 saturated carbocycles. The van der Waals surface area contributed by atoms with Gasteiger partial charge in [-0.25, -0.2) is 0 Å². The summed E-state index contributed by atoms with van der Waals surface area (Å²) in [6.45, 7) is 0. The van der Waals surface area contributed by atoms with Crippen molar-refractivity contribution in [3.8, 4) is 16.6 Å². The van der Waals surface area contributed by atoms with E-state index in [1.807, 2.05) is 0 Å². The van der Waals surface area contributed by atoms with E-state index in [4.69, 9.17) is 24.7 Å². The predicted molar refractivity (Wildman–Crippen MR) is 86.6 cm³/mol. The molecule has 0 aliphatic carbocycles. The number of benzene rings is 1. The van der Waals surface area contributed by atoms with Gasteiger partial charge in [0.25, 0.3) is 0 Å². The SMILES string of the molecule is O=S(=O)(Oc1nc2cc(Cl)ccc2o1)c1ccc(-c2ccon2)s1. The first-order chi connectivity index (χ1) is 11.5. The zero-order valence-electron chi connectivity index (χ0n) is 11.7. The second-order valence-corrected chi connectivity index (χ2v) is 7.93. The average Bonchev–Trinajstić information content (AvgIpc) is 3.26. The van der Waals surface area contributed by atoms with Crippen molar-refractivity contribution in [3.05, 3.63) is 47.7 Å². The van der Waals surface area contributed by atoms with Gasteiger partial charge in [0, 0.05) is 11.1 Å². The van der Waals surface area contributed by atoms with Gasteiger partial charge in [-0.05, 0) is 30.3 Å². The molecule has 0 N–H and O–H groups in total. The molecule has 10 heteroatoms. The fraction of sp³-hybridized carbons (Fsp3) is 0. The van der Waals surface area contributed by atoms with Crippen molar-refractivity contribution in [3.63, 3.8) is 0 Å². The summed E-state index contributed by atoms with van der Waals surface area (Å²) >= 11 is 6.86. The maximum atomic E-state index is 12.3. The van der Waals surface area contributed by atoms with Crippen molar-refractivity contribution in [2.24, 2.45) is 0 Å². The van der Waals surface area contributed by atoms with Gasteiger partial charge in [0.15, 0.2) is 9.79 Å². The molecule has 4 rings (SSSR count). The van der Waals surface area contributed by atoms with Crippen LogP contribution in [-0.4, -0.2) is 18.6 Å². The first kappa shape index (κ1) is 15.2. The van der Waals surface area contributed by atoms with Crippen molar-refractivity contribution in [2.75, 3.05) is 0 Å². The number of thiophene rings is 1. The molecule has 24 heavy (non-hydrogen) atoms. The van der Waals surface area contributed by atoms with Crippen LogP contribution in [0.4, 0.5) is 0 Å². The molecule has 0 radical (unpaired) electrons. The Morgan fingerprint density at radius 3 is 2.83 bits per heavy atom. The van der Waals surface area contributed by atoms with Crippen LogP contribution in [0.25, 0.3) is 21.7 Å². The van der Waals surface area contributed by atoms with Crippen LogP contribution < -0.4 is 4.18 Å². The van der Waals surface area contributed by atoms with Crippen molar-refractivity contribution < 1.29 is 21.5 Å². The summed E-state index contributed by atoms with van der Waals surface area (Å²) in [5.74, 6) is 0. The van der Waals surface area contributed by atoms with E-state index in [0.29, 0.717) is 26.7 Å². The average molecular weight is 383 g/mol. The van der Waals surface area contributed by atoms with E-state index in [-0.39, 0.29) is 10.3 Å². The molecule has 3 heterocycles. The van der Waals surface area contributed by atoms with Crippen molar-refractivity contribution in [1.29, 1.82) is 0 Å². The van der Waals surface area contributed by atoms with Gasteiger partial charge >= 0.3 is 16.2 Å². The third-order valence-electron chi connectivity index (χ3n) is 3.03. The highest BCUT2D eigenvalue weighted by Gasteiger charge is 2.23. The van der Waals surface area contributed by atoms with E-state index in [1.54, 1.807) is 30.3 Å². The van der Waals surface area contributed by atoms with Crippen molar-refractivity contribution in [2.45, 2.75) is 4.21 Å². The molecule has 1 aromatic carbocycles. The van der Waals surface area contributed by atoms with Crippen LogP contribution >= 0.6 is 22.9 Å². The summed E-state index contributed by atoms with van der Waals surface area (Å²) in [5.41, 5.74) is 1.32. The van der Waals surface area contributed by atoms with Gasteiger partial charge in [-0.3, -0.25) is 0 Å². The molecule has 0 amide bonds. The van der Waals surface area contributed by atoms with Gasteiger partial charge < -0.3 is 13.1 Å². The minimum absolute atomic E-state index is 0.000730. The van der Waals surface area contributed by atoms with Gasteiger partial charge in [0.05, 0.1) is 4.88 Å². The number of nitrogens with zero attached hydrogens (tertiary/aromatic N) is 2. The van der Waals surface area contributed by atoms with Gasteiger partial charge in [-0.1, -0.05) is 16.8 Å². The fourth-order valence-corrected chi connectivity index (χ4v) is 4.20. The summed E-state index contributed by atoms with van der Waals surface area (Å²) < 4.78 is 39.7. The van der Waals surface area contributed by atoms with Crippen LogP contribution in [0, 0.1) is 0 Å². The summed E-state index contributed by atoms with van der Waals surface area (Å²) in [6, 6.07) is 9.41. The van der Waals surface area contributed by atoms with Gasteiger partial charge in [-0.2, -0.15) is 13.4 Å². The Labute approximate surface area is 144 Å². The van der Waals surface area contributed by atoms with Crippen LogP contribution in [0.5, 0.6) is 6.08 Å². The summed E-state index contributed by atoms with van der Waals surface area (Å²) in [5, 5.41) is 4.22.